The SMILES string of the molecule is CN1C(=O)C(F)=C[C@]2(C)[C@H]3CC[C@]4(C)[C@@H](C(=O)NCc5nc6ccccc6s5)CC[C@H]4[C@@H]3CC[C@@H]12. The number of para-hydroxylation sites is 1. The Bertz CT molecular complexity index is 1190. The van der Waals surface area contributed by atoms with Gasteiger partial charge >= 0.3 is 0 Å². The topological polar surface area (TPSA) is 62.3 Å². The first-order chi connectivity index (χ1) is 16.7. The van der Waals surface area contributed by atoms with Crippen molar-refractivity contribution in [2.24, 2.45) is 34.5 Å². The van der Waals surface area contributed by atoms with Crippen LogP contribution in [0.1, 0.15) is 57.4 Å². The molecule has 6 rings (SSSR count). The molecule has 0 unspecified atom stereocenters. The zero-order chi connectivity index (χ0) is 24.5. The average Bonchev–Trinajstić information content (AvgIpc) is 3.41. The molecule has 0 bridgehead atoms. The Morgan fingerprint density at radius 3 is 2.77 bits per heavy atom. The minimum absolute atomic E-state index is 0.0104. The maximum atomic E-state index is 14.6. The Hall–Kier alpha value is -2.28. The third kappa shape index (κ3) is 3.40. The van der Waals surface area contributed by atoms with E-state index in [4.69, 9.17) is 0 Å². The van der Waals surface area contributed by atoms with E-state index in [9.17, 15) is 14.0 Å². The Morgan fingerprint density at radius 1 is 1.17 bits per heavy atom. The highest BCUT2D eigenvalue weighted by Gasteiger charge is 2.62. The number of aromatic nitrogens is 1. The summed E-state index contributed by atoms with van der Waals surface area (Å²) in [7, 11) is 1.76. The van der Waals surface area contributed by atoms with Crippen molar-refractivity contribution in [2.45, 2.75) is 65.0 Å². The summed E-state index contributed by atoms with van der Waals surface area (Å²) in [5, 5.41) is 4.15. The van der Waals surface area contributed by atoms with Gasteiger partial charge < -0.3 is 10.2 Å². The van der Waals surface area contributed by atoms with Gasteiger partial charge in [0.15, 0.2) is 5.83 Å². The fraction of sp³-hybridized carbons (Fsp3) is 0.607. The second-order valence-corrected chi connectivity index (χ2v) is 12.8. The average molecular weight is 496 g/mol. The van der Waals surface area contributed by atoms with Gasteiger partial charge in [0.05, 0.1) is 16.8 Å². The summed E-state index contributed by atoms with van der Waals surface area (Å²) < 4.78 is 15.8. The lowest BCUT2D eigenvalue weighted by atomic mass is 9.47. The molecule has 5 nitrogen and oxygen atoms in total. The number of carbonyl (C=O) groups excluding carboxylic acids is 2. The van der Waals surface area contributed by atoms with Crippen molar-refractivity contribution < 1.29 is 14.0 Å². The van der Waals surface area contributed by atoms with Crippen molar-refractivity contribution >= 4 is 33.4 Å². The maximum absolute atomic E-state index is 14.6. The summed E-state index contributed by atoms with van der Waals surface area (Å²) in [5.74, 6) is 0.387. The van der Waals surface area contributed by atoms with Crippen LogP contribution in [0.25, 0.3) is 10.2 Å². The number of amides is 2. The molecular weight excluding hydrogens is 461 g/mol. The van der Waals surface area contributed by atoms with E-state index in [1.807, 2.05) is 18.2 Å². The smallest absolute Gasteiger partial charge is 0.282 e. The second kappa shape index (κ2) is 8.12. The Morgan fingerprint density at radius 2 is 1.97 bits per heavy atom. The van der Waals surface area contributed by atoms with Crippen LogP contribution in [0.4, 0.5) is 4.39 Å². The monoisotopic (exact) mass is 495 g/mol. The van der Waals surface area contributed by atoms with Crippen LogP contribution in [0.3, 0.4) is 0 Å². The number of benzene rings is 1. The third-order valence-electron chi connectivity index (χ3n) is 10.2. The minimum atomic E-state index is -0.598. The van der Waals surface area contributed by atoms with Gasteiger partial charge in [0, 0.05) is 24.4 Å². The van der Waals surface area contributed by atoms with Crippen LogP contribution in [0.2, 0.25) is 0 Å². The second-order valence-electron chi connectivity index (χ2n) is 11.7. The molecule has 3 aliphatic carbocycles. The van der Waals surface area contributed by atoms with Crippen LogP contribution < -0.4 is 5.32 Å². The highest BCUT2D eigenvalue weighted by Crippen LogP contribution is 2.65. The molecule has 1 aromatic heterocycles. The first kappa shape index (κ1) is 23.1. The predicted octanol–water partition coefficient (Wildman–Crippen LogP) is 5.47. The van der Waals surface area contributed by atoms with Crippen LogP contribution in [-0.4, -0.2) is 34.8 Å². The quantitative estimate of drug-likeness (QED) is 0.615. The molecule has 0 saturated heterocycles. The van der Waals surface area contributed by atoms with Gasteiger partial charge in [0.1, 0.15) is 5.01 Å². The summed E-state index contributed by atoms with van der Waals surface area (Å²) >= 11 is 1.64. The number of hydrogen-bond acceptors (Lipinski definition) is 4. The molecule has 186 valence electrons. The van der Waals surface area contributed by atoms with E-state index in [-0.39, 0.29) is 28.7 Å². The molecule has 1 N–H and O–H groups in total. The lowest BCUT2D eigenvalue weighted by molar-refractivity contribution is -0.145. The zero-order valence-electron chi connectivity index (χ0n) is 20.7. The first-order valence-electron chi connectivity index (χ1n) is 13.0. The molecule has 1 aliphatic heterocycles. The third-order valence-corrected chi connectivity index (χ3v) is 11.3. The summed E-state index contributed by atoms with van der Waals surface area (Å²) in [6.07, 6.45) is 7.54. The summed E-state index contributed by atoms with van der Waals surface area (Å²) in [6, 6.07) is 8.14. The van der Waals surface area contributed by atoms with E-state index in [1.165, 1.54) is 0 Å². The van der Waals surface area contributed by atoms with Crippen molar-refractivity contribution in [2.75, 3.05) is 7.05 Å². The fourth-order valence-electron chi connectivity index (χ4n) is 8.54. The number of halogens is 1. The molecule has 4 aliphatic rings. The number of likely N-dealkylation sites (N-methyl/N-ethyl adjacent to an activating group) is 1. The van der Waals surface area contributed by atoms with E-state index < -0.39 is 11.7 Å². The molecular formula is C28H34FN3O2S. The molecule has 7 atom stereocenters. The van der Waals surface area contributed by atoms with Gasteiger partial charge in [-0.25, -0.2) is 9.37 Å². The van der Waals surface area contributed by atoms with Gasteiger partial charge in [-0.05, 0) is 79.9 Å². The summed E-state index contributed by atoms with van der Waals surface area (Å²) in [5.41, 5.74) is 0.628. The molecule has 2 aromatic rings. The largest absolute Gasteiger partial charge is 0.349 e. The van der Waals surface area contributed by atoms with Crippen molar-refractivity contribution in [3.63, 3.8) is 0 Å². The van der Waals surface area contributed by atoms with Gasteiger partial charge in [0.25, 0.3) is 5.91 Å². The maximum Gasteiger partial charge on any atom is 0.282 e. The number of carbonyl (C=O) groups is 2. The van der Waals surface area contributed by atoms with Gasteiger partial charge in [0.2, 0.25) is 5.91 Å². The Labute approximate surface area is 210 Å². The standard InChI is InChI=1S/C28H34FN3O2S/c1-27-13-12-18-16(8-11-23-28(18,2)14-20(29)26(34)32(23)3)17(27)9-10-19(27)25(33)30-15-24-31-21-6-4-5-7-22(21)35-24/h4-7,14,16-19,23H,8-13,15H2,1-3H3,(H,30,33)/t16-,17-,18-,19+,23+,27-,28+/m0/s1. The summed E-state index contributed by atoms with van der Waals surface area (Å²) in [6.45, 7) is 4.96. The van der Waals surface area contributed by atoms with E-state index in [0.717, 1.165) is 53.7 Å². The zero-order valence-corrected chi connectivity index (χ0v) is 21.5. The number of nitrogens with one attached hydrogen (secondary N) is 1. The highest BCUT2D eigenvalue weighted by atomic mass is 32.1. The number of nitrogens with zero attached hydrogens (tertiary/aromatic N) is 2. The van der Waals surface area contributed by atoms with Crippen LogP contribution in [0.5, 0.6) is 0 Å². The molecule has 2 heterocycles. The highest BCUT2D eigenvalue weighted by molar-refractivity contribution is 7.18. The molecule has 7 heteroatoms. The van der Waals surface area contributed by atoms with Crippen molar-refractivity contribution in [3.05, 3.63) is 41.2 Å². The molecule has 35 heavy (non-hydrogen) atoms. The molecule has 2 amide bonds. The van der Waals surface area contributed by atoms with Crippen LogP contribution >= 0.6 is 11.3 Å². The van der Waals surface area contributed by atoms with Crippen molar-refractivity contribution in [3.8, 4) is 0 Å². The van der Waals surface area contributed by atoms with Gasteiger partial charge in [-0.15, -0.1) is 11.3 Å². The number of thiazole rings is 1. The minimum Gasteiger partial charge on any atom is -0.349 e. The lowest BCUT2D eigenvalue weighted by Crippen LogP contribution is -2.60. The number of fused-ring (bicyclic) bond motifs is 6. The number of rotatable bonds is 3. The summed E-state index contributed by atoms with van der Waals surface area (Å²) in [4.78, 5) is 32.0. The van der Waals surface area contributed by atoms with E-state index in [2.05, 4.69) is 30.2 Å². The van der Waals surface area contributed by atoms with Crippen LogP contribution in [0.15, 0.2) is 36.2 Å². The molecule has 3 saturated carbocycles. The Balaban J connectivity index is 1.19. The Kier molecular flexibility index (Phi) is 5.37. The van der Waals surface area contributed by atoms with Gasteiger partial charge in [-0.2, -0.15) is 0 Å². The van der Waals surface area contributed by atoms with E-state index in [1.54, 1.807) is 29.4 Å². The molecule has 1 aromatic carbocycles. The number of hydrogen-bond donors (Lipinski definition) is 1. The molecule has 0 spiro atoms. The van der Waals surface area contributed by atoms with Crippen LogP contribution in [0, 0.1) is 34.5 Å². The van der Waals surface area contributed by atoms with Crippen LogP contribution in [-0.2, 0) is 16.1 Å². The van der Waals surface area contributed by atoms with Crippen molar-refractivity contribution in [1.82, 2.24) is 15.2 Å². The van der Waals surface area contributed by atoms with E-state index in [0.29, 0.717) is 24.3 Å². The van der Waals surface area contributed by atoms with Crippen molar-refractivity contribution in [1.29, 1.82) is 0 Å². The molecule has 3 fully saturated rings. The van der Waals surface area contributed by atoms with Gasteiger partial charge in [-0.1, -0.05) is 26.0 Å². The van der Waals surface area contributed by atoms with E-state index >= 15 is 0 Å². The first-order valence-corrected chi connectivity index (χ1v) is 13.8. The molecule has 0 radical (unpaired) electrons. The lowest BCUT2D eigenvalue weighted by Gasteiger charge is -2.60. The fourth-order valence-corrected chi connectivity index (χ4v) is 9.45. The predicted molar refractivity (Wildman–Crippen MR) is 135 cm³/mol. The normalized spacial score (nSPS) is 38.5. The van der Waals surface area contributed by atoms with Gasteiger partial charge in [-0.3, -0.25) is 9.59 Å².